The zero-order valence-electron chi connectivity index (χ0n) is 6.58. The van der Waals surface area contributed by atoms with Crippen LogP contribution in [-0.4, -0.2) is 43.0 Å². The van der Waals surface area contributed by atoms with Gasteiger partial charge >= 0.3 is 0 Å². The Hall–Kier alpha value is -0.410. The quantitative estimate of drug-likeness (QED) is 0.495. The number of carbonyl (C=O) groups is 1. The molecule has 0 unspecified atom stereocenters. The first-order chi connectivity index (χ1) is 5.38. The van der Waals surface area contributed by atoms with Crippen molar-refractivity contribution in [3.05, 3.63) is 0 Å². The second-order valence-electron chi connectivity index (χ2n) is 3.20. The van der Waals surface area contributed by atoms with Crippen LogP contribution in [0.3, 0.4) is 0 Å². The van der Waals surface area contributed by atoms with Gasteiger partial charge in [-0.05, 0) is 13.0 Å². The van der Waals surface area contributed by atoms with Gasteiger partial charge in [0.05, 0.1) is 19.3 Å². The van der Waals surface area contributed by atoms with Crippen molar-refractivity contribution < 1.29 is 9.53 Å². The third-order valence-electron chi connectivity index (χ3n) is 2.48. The summed E-state index contributed by atoms with van der Waals surface area (Å²) in [7, 11) is 0. The monoisotopic (exact) mass is 155 g/mol. The third kappa shape index (κ3) is 1.30. The average Bonchev–Trinajstić information content (AvgIpc) is 2.06. The van der Waals surface area contributed by atoms with E-state index in [-0.39, 0.29) is 6.04 Å². The first-order valence-corrected chi connectivity index (χ1v) is 4.22. The van der Waals surface area contributed by atoms with Gasteiger partial charge in [-0.15, -0.1) is 0 Å². The number of hydrogen-bond acceptors (Lipinski definition) is 3. The number of hydrogen-bond donors (Lipinski definition) is 0. The Bertz CT molecular complexity index is 167. The summed E-state index contributed by atoms with van der Waals surface area (Å²) in [5.41, 5.74) is 0. The number of nitrogens with zero attached hydrogens (tertiary/aromatic N) is 1. The summed E-state index contributed by atoms with van der Waals surface area (Å²) in [6.07, 6.45) is 1.79. The minimum Gasteiger partial charge on any atom is -0.378 e. The molecule has 0 radical (unpaired) electrons. The van der Waals surface area contributed by atoms with Gasteiger partial charge in [0.1, 0.15) is 0 Å². The van der Waals surface area contributed by atoms with E-state index >= 15 is 0 Å². The maximum atomic E-state index is 11.3. The van der Waals surface area contributed by atoms with Gasteiger partial charge in [-0.3, -0.25) is 9.69 Å². The van der Waals surface area contributed by atoms with Crippen LogP contribution in [0.5, 0.6) is 0 Å². The SMILES string of the molecule is O=C1CCCN2CCOC[C@H]12. The van der Waals surface area contributed by atoms with Gasteiger partial charge in [0.2, 0.25) is 0 Å². The van der Waals surface area contributed by atoms with Crippen molar-refractivity contribution in [1.29, 1.82) is 0 Å². The lowest BCUT2D eigenvalue weighted by molar-refractivity contribution is -0.133. The Balaban J connectivity index is 2.05. The van der Waals surface area contributed by atoms with Crippen LogP contribution in [0, 0.1) is 0 Å². The number of piperidine rings is 1. The summed E-state index contributed by atoms with van der Waals surface area (Å²) < 4.78 is 5.25. The molecule has 0 spiro atoms. The first kappa shape index (κ1) is 7.25. The molecule has 2 heterocycles. The second-order valence-corrected chi connectivity index (χ2v) is 3.20. The highest BCUT2D eigenvalue weighted by Gasteiger charge is 2.31. The number of rotatable bonds is 0. The number of Topliss-reactive ketones (excluding diaryl/α,β-unsaturated/α-hetero) is 1. The van der Waals surface area contributed by atoms with E-state index in [4.69, 9.17) is 4.74 Å². The van der Waals surface area contributed by atoms with Gasteiger partial charge in [-0.25, -0.2) is 0 Å². The standard InChI is InChI=1S/C8H13NO2/c10-8-2-1-3-9-4-5-11-6-7(8)9/h7H,1-6H2/t7-/m1/s1. The smallest absolute Gasteiger partial charge is 0.152 e. The zero-order valence-corrected chi connectivity index (χ0v) is 6.58. The molecule has 1 atom stereocenters. The molecular weight excluding hydrogens is 142 g/mol. The fraction of sp³-hybridized carbons (Fsp3) is 0.875. The van der Waals surface area contributed by atoms with Gasteiger partial charge in [0.15, 0.2) is 5.78 Å². The minimum absolute atomic E-state index is 0.0949. The van der Waals surface area contributed by atoms with Crippen LogP contribution in [0.15, 0.2) is 0 Å². The molecule has 62 valence electrons. The van der Waals surface area contributed by atoms with Crippen LogP contribution in [0.1, 0.15) is 12.8 Å². The van der Waals surface area contributed by atoms with Gasteiger partial charge in [-0.1, -0.05) is 0 Å². The van der Waals surface area contributed by atoms with Crippen LogP contribution >= 0.6 is 0 Å². The molecule has 2 fully saturated rings. The van der Waals surface area contributed by atoms with Crippen LogP contribution in [0.25, 0.3) is 0 Å². The summed E-state index contributed by atoms with van der Waals surface area (Å²) in [4.78, 5) is 13.6. The fourth-order valence-electron chi connectivity index (χ4n) is 1.83. The van der Waals surface area contributed by atoms with Gasteiger partial charge in [0.25, 0.3) is 0 Å². The van der Waals surface area contributed by atoms with E-state index in [2.05, 4.69) is 4.90 Å². The highest BCUT2D eigenvalue weighted by molar-refractivity contribution is 5.84. The number of carbonyl (C=O) groups excluding carboxylic acids is 1. The van der Waals surface area contributed by atoms with Crippen LogP contribution in [-0.2, 0) is 9.53 Å². The molecule has 3 heteroatoms. The van der Waals surface area contributed by atoms with Gasteiger partial charge in [0, 0.05) is 13.0 Å². The lowest BCUT2D eigenvalue weighted by Gasteiger charge is -2.37. The van der Waals surface area contributed by atoms with Gasteiger partial charge in [-0.2, -0.15) is 0 Å². The fourth-order valence-corrected chi connectivity index (χ4v) is 1.83. The molecule has 2 saturated heterocycles. The maximum Gasteiger partial charge on any atom is 0.152 e. The predicted molar refractivity (Wildman–Crippen MR) is 40.4 cm³/mol. The first-order valence-electron chi connectivity index (χ1n) is 4.22. The summed E-state index contributed by atoms with van der Waals surface area (Å²) in [6.45, 7) is 3.44. The number of fused-ring (bicyclic) bond motifs is 1. The van der Waals surface area contributed by atoms with E-state index in [0.29, 0.717) is 12.4 Å². The molecule has 0 N–H and O–H groups in total. The Morgan fingerprint density at radius 3 is 3.18 bits per heavy atom. The lowest BCUT2D eigenvalue weighted by Crippen LogP contribution is -2.52. The van der Waals surface area contributed by atoms with Crippen molar-refractivity contribution in [1.82, 2.24) is 4.90 Å². The topological polar surface area (TPSA) is 29.5 Å². The molecule has 11 heavy (non-hydrogen) atoms. The summed E-state index contributed by atoms with van der Waals surface area (Å²) in [6, 6.07) is 0.0949. The van der Waals surface area contributed by atoms with E-state index in [1.165, 1.54) is 0 Å². The van der Waals surface area contributed by atoms with Crippen LogP contribution in [0.2, 0.25) is 0 Å². The molecular formula is C8H13NO2. The zero-order chi connectivity index (χ0) is 7.68. The molecule has 2 rings (SSSR count). The second kappa shape index (κ2) is 2.91. The highest BCUT2D eigenvalue weighted by Crippen LogP contribution is 2.16. The number of ether oxygens (including phenoxy) is 1. The van der Waals surface area contributed by atoms with Crippen molar-refractivity contribution >= 4 is 5.78 Å². The lowest BCUT2D eigenvalue weighted by atomic mass is 10.0. The summed E-state index contributed by atoms with van der Waals surface area (Å²) in [5.74, 6) is 0.371. The third-order valence-corrected chi connectivity index (χ3v) is 2.48. The van der Waals surface area contributed by atoms with Crippen LogP contribution < -0.4 is 0 Å². The predicted octanol–water partition coefficient (Wildman–Crippen LogP) is 0.0501. The van der Waals surface area contributed by atoms with Crippen molar-refractivity contribution in [2.24, 2.45) is 0 Å². The average molecular weight is 155 g/mol. The maximum absolute atomic E-state index is 11.3. The molecule has 2 aliphatic rings. The minimum atomic E-state index is 0.0949. The normalized spacial score (nSPS) is 33.5. The Kier molecular flexibility index (Phi) is 1.92. The van der Waals surface area contributed by atoms with Crippen molar-refractivity contribution in [2.75, 3.05) is 26.3 Å². The summed E-state index contributed by atoms with van der Waals surface area (Å²) >= 11 is 0. The molecule has 2 aliphatic heterocycles. The molecule has 0 aromatic carbocycles. The van der Waals surface area contributed by atoms with Crippen molar-refractivity contribution in [3.8, 4) is 0 Å². The summed E-state index contributed by atoms with van der Waals surface area (Å²) in [5, 5.41) is 0. The molecule has 0 aromatic rings. The Morgan fingerprint density at radius 2 is 2.36 bits per heavy atom. The Labute approximate surface area is 66.3 Å². The van der Waals surface area contributed by atoms with Gasteiger partial charge < -0.3 is 4.74 Å². The number of morpholine rings is 1. The Morgan fingerprint density at radius 1 is 1.45 bits per heavy atom. The van der Waals surface area contributed by atoms with E-state index in [9.17, 15) is 4.79 Å². The van der Waals surface area contributed by atoms with E-state index in [0.717, 1.165) is 32.5 Å². The van der Waals surface area contributed by atoms with E-state index in [1.807, 2.05) is 0 Å². The van der Waals surface area contributed by atoms with Crippen LogP contribution in [0.4, 0.5) is 0 Å². The molecule has 0 saturated carbocycles. The number of ketones is 1. The van der Waals surface area contributed by atoms with Crippen molar-refractivity contribution in [2.45, 2.75) is 18.9 Å². The molecule has 0 aliphatic carbocycles. The largest absolute Gasteiger partial charge is 0.378 e. The van der Waals surface area contributed by atoms with E-state index in [1.54, 1.807) is 0 Å². The molecule has 0 bridgehead atoms. The molecule has 3 nitrogen and oxygen atoms in total. The van der Waals surface area contributed by atoms with Crippen molar-refractivity contribution in [3.63, 3.8) is 0 Å². The highest BCUT2D eigenvalue weighted by atomic mass is 16.5. The molecule has 0 aromatic heterocycles. The van der Waals surface area contributed by atoms with E-state index < -0.39 is 0 Å². The molecule has 0 amide bonds.